The summed E-state index contributed by atoms with van der Waals surface area (Å²) in [6, 6.07) is 44.3. The number of aromatic nitrogens is 6. The van der Waals surface area contributed by atoms with Gasteiger partial charge >= 0.3 is 0 Å². The highest BCUT2D eigenvalue weighted by atomic mass is 14.7. The largest absolute Gasteiger partial charge is 0.361 e. The highest BCUT2D eigenvalue weighted by Crippen LogP contribution is 2.40. The first kappa shape index (κ1) is 74.3. The average Bonchev–Trinajstić information content (AvgIpc) is 1.70. The summed E-state index contributed by atoms with van der Waals surface area (Å²) in [5.41, 5.74) is 24.4. The highest BCUT2D eigenvalue weighted by molar-refractivity contribution is 5.89. The summed E-state index contributed by atoms with van der Waals surface area (Å²) < 4.78 is 0. The fourth-order valence-corrected chi connectivity index (χ4v) is 13.0. The molecule has 8 nitrogen and oxygen atoms in total. The molecular formula is C89H116N8. The van der Waals surface area contributed by atoms with Gasteiger partial charge < -0.3 is 29.9 Å². The third kappa shape index (κ3) is 18.2. The molecule has 6 aromatic heterocycles. The van der Waals surface area contributed by atoms with Gasteiger partial charge in [0, 0.05) is 103 Å². The molecule has 0 aliphatic heterocycles. The number of H-pyrrole nitrogens is 6. The van der Waals surface area contributed by atoms with Crippen LogP contribution in [-0.4, -0.2) is 29.9 Å². The fraction of sp³-hybridized carbons (Fsp3) is 0.438. The first-order chi connectivity index (χ1) is 45.2. The number of fused-ring (bicyclic) bond motifs is 6. The maximum atomic E-state index is 8.88. The van der Waals surface area contributed by atoms with Gasteiger partial charge in [-0.3, -0.25) is 0 Å². The predicted molar refractivity (Wildman–Crippen MR) is 419 cm³/mol. The van der Waals surface area contributed by atoms with Gasteiger partial charge in [-0.15, -0.1) is 0 Å². The summed E-state index contributed by atoms with van der Waals surface area (Å²) in [4.78, 5) is 20.0. The second-order valence-electron chi connectivity index (χ2n) is 34.8. The van der Waals surface area contributed by atoms with Gasteiger partial charge in [0.05, 0.1) is 18.1 Å². The van der Waals surface area contributed by atoms with E-state index in [0.717, 1.165) is 39.7 Å². The van der Waals surface area contributed by atoms with Crippen molar-refractivity contribution < 1.29 is 0 Å². The summed E-state index contributed by atoms with van der Waals surface area (Å²) in [6.07, 6.45) is 19.4. The molecule has 0 spiro atoms. The summed E-state index contributed by atoms with van der Waals surface area (Å²) in [5.74, 6) is 1.37. The molecule has 1 aliphatic rings. The molecule has 97 heavy (non-hydrogen) atoms. The second kappa shape index (κ2) is 29.3. The van der Waals surface area contributed by atoms with E-state index in [-0.39, 0.29) is 37.9 Å². The topological polar surface area (TPSA) is 142 Å². The SMILES string of the molecule is CC(C)(C)c1ccc2c(C#N)c[nH]c2c1.CC(C)(C)c1ccc2c(C(C)(C)C)c[nH]c2c1.CC(C)(C)c1ccc2c(C3CCCC3)c[nH]c2c1.CC(C)(C)c1ccc2c(CC#N)c[nH]c2c1.CC(C)c1c[nH]c2cc(C(C)(C)C)ccc12.CCc1c[nH]c2cc(C(C)(C)C)ccc12. The molecule has 1 saturated carbocycles. The van der Waals surface area contributed by atoms with E-state index in [1.54, 1.807) is 11.8 Å². The van der Waals surface area contributed by atoms with Crippen LogP contribution < -0.4 is 0 Å². The summed E-state index contributed by atoms with van der Waals surface area (Å²) in [7, 11) is 0. The number of rotatable bonds is 4. The van der Waals surface area contributed by atoms with Crippen LogP contribution in [0.25, 0.3) is 65.4 Å². The number of benzene rings is 6. The molecule has 6 heterocycles. The van der Waals surface area contributed by atoms with Crippen LogP contribution in [0.4, 0.5) is 0 Å². The van der Waals surface area contributed by atoms with Gasteiger partial charge in [-0.2, -0.15) is 10.5 Å². The van der Waals surface area contributed by atoms with E-state index >= 15 is 0 Å². The third-order valence-electron chi connectivity index (χ3n) is 19.5. The van der Waals surface area contributed by atoms with Crippen molar-refractivity contribution in [2.75, 3.05) is 0 Å². The molecule has 12 aromatic rings. The lowest BCUT2D eigenvalue weighted by atomic mass is 9.84. The van der Waals surface area contributed by atoms with Crippen LogP contribution in [0.15, 0.2) is 146 Å². The van der Waals surface area contributed by atoms with Crippen LogP contribution in [-0.2, 0) is 50.7 Å². The molecule has 0 radical (unpaired) electrons. The Morgan fingerprint density at radius 2 is 0.701 bits per heavy atom. The van der Waals surface area contributed by atoms with Crippen LogP contribution in [0, 0.1) is 22.7 Å². The van der Waals surface area contributed by atoms with Crippen molar-refractivity contribution in [1.82, 2.24) is 29.9 Å². The number of nitriles is 2. The lowest BCUT2D eigenvalue weighted by Crippen LogP contribution is -2.11. The van der Waals surface area contributed by atoms with Gasteiger partial charge in [0.1, 0.15) is 6.07 Å². The molecule has 6 N–H and O–H groups in total. The zero-order chi connectivity index (χ0) is 71.4. The Labute approximate surface area is 582 Å². The monoisotopic (exact) mass is 1300 g/mol. The Morgan fingerprint density at radius 1 is 0.371 bits per heavy atom. The van der Waals surface area contributed by atoms with E-state index in [1.165, 1.54) is 119 Å². The Hall–Kier alpha value is -8.46. The standard InChI is InChI=1S/C17H23N.C16H23N.C15H21N.C14H16N2.C14H19N.C13H14N2/c1-17(2,3)13-8-9-14-15(11-18-16(14)10-13)12-6-4-5-7-12;1-15(2,3)11-7-8-12-13(16(4,5)6)10-17-14(12)9-11;1-10(2)13-9-16-14-8-11(15(3,4)5)6-7-12(13)14;1-14(2,3)11-4-5-12-10(6-7-15)9-16-13(12)8-11;1-5-10-9-15-13-8-11(14(2,3)4)6-7-12(10)13;1-13(2,3)10-4-5-11-9(7-14)8-15-12(11)6-10/h8-12,18H,4-7H2,1-3H3;7-10,17H,1-6H3;6-10,16H,1-5H3;4-5,8-9,16H,6H2,1-3H3;6-9,15H,5H2,1-4H3;4-6,8,15H,1-3H3. The first-order valence-corrected chi connectivity index (χ1v) is 35.7. The molecule has 512 valence electrons. The molecule has 0 bridgehead atoms. The molecule has 13 rings (SSSR count). The van der Waals surface area contributed by atoms with Crippen LogP contribution in [0.3, 0.4) is 0 Å². The highest BCUT2D eigenvalue weighted by Gasteiger charge is 2.24. The van der Waals surface area contributed by atoms with Crippen molar-refractivity contribution in [1.29, 1.82) is 10.5 Å². The number of nitrogens with one attached hydrogen (secondary N) is 6. The van der Waals surface area contributed by atoms with E-state index in [4.69, 9.17) is 10.5 Å². The van der Waals surface area contributed by atoms with Gasteiger partial charge in [0.2, 0.25) is 0 Å². The van der Waals surface area contributed by atoms with E-state index in [9.17, 15) is 0 Å². The maximum Gasteiger partial charge on any atom is 0.101 e. The summed E-state index contributed by atoms with van der Waals surface area (Å²) >= 11 is 0. The lowest BCUT2D eigenvalue weighted by Gasteiger charge is -2.20. The van der Waals surface area contributed by atoms with Crippen LogP contribution >= 0.6 is 0 Å². The van der Waals surface area contributed by atoms with Crippen molar-refractivity contribution >= 4 is 65.4 Å². The Morgan fingerprint density at radius 3 is 1.11 bits per heavy atom. The van der Waals surface area contributed by atoms with Gasteiger partial charge in [-0.05, 0) is 167 Å². The quantitative estimate of drug-likeness (QED) is 0.104. The minimum atomic E-state index is 0.145. The van der Waals surface area contributed by atoms with Gasteiger partial charge in [0.15, 0.2) is 0 Å². The van der Waals surface area contributed by atoms with E-state index < -0.39 is 0 Å². The van der Waals surface area contributed by atoms with Crippen molar-refractivity contribution in [3.8, 4) is 12.1 Å². The molecule has 1 aliphatic carbocycles. The molecule has 0 atom stereocenters. The van der Waals surface area contributed by atoms with Gasteiger partial charge in [-0.1, -0.05) is 252 Å². The third-order valence-corrected chi connectivity index (χ3v) is 19.5. The molecule has 0 amide bonds. The minimum absolute atomic E-state index is 0.145. The van der Waals surface area contributed by atoms with Gasteiger partial charge in [-0.25, -0.2) is 0 Å². The number of aryl methyl sites for hydroxylation is 1. The van der Waals surface area contributed by atoms with Crippen molar-refractivity contribution in [3.63, 3.8) is 0 Å². The normalized spacial score (nSPS) is 13.3. The fourth-order valence-electron chi connectivity index (χ4n) is 13.0. The molecule has 0 unspecified atom stereocenters. The Kier molecular flexibility index (Phi) is 22.5. The number of nitrogens with zero attached hydrogens (tertiary/aromatic N) is 2. The molecular weight excluding hydrogens is 1180 g/mol. The Balaban J connectivity index is 0.000000149. The zero-order valence-electron chi connectivity index (χ0n) is 63.6. The smallest absolute Gasteiger partial charge is 0.101 e. The van der Waals surface area contributed by atoms with Crippen molar-refractivity contribution in [3.05, 3.63) is 213 Å². The lowest BCUT2D eigenvalue weighted by molar-refractivity contribution is 0.590. The van der Waals surface area contributed by atoms with Crippen molar-refractivity contribution in [2.45, 2.75) is 254 Å². The van der Waals surface area contributed by atoms with E-state index in [2.05, 4.69) is 336 Å². The minimum Gasteiger partial charge on any atom is -0.361 e. The van der Waals surface area contributed by atoms with Crippen molar-refractivity contribution in [2.24, 2.45) is 0 Å². The molecule has 0 saturated heterocycles. The van der Waals surface area contributed by atoms with Crippen LogP contribution in [0.2, 0.25) is 0 Å². The summed E-state index contributed by atoms with van der Waals surface area (Å²) in [5, 5.41) is 25.3. The summed E-state index contributed by atoms with van der Waals surface area (Å²) in [6.45, 7) is 53.7. The average molecular weight is 1300 g/mol. The van der Waals surface area contributed by atoms with Crippen LogP contribution in [0.1, 0.15) is 270 Å². The predicted octanol–water partition coefficient (Wildman–Crippen LogP) is 25.4. The molecule has 8 heteroatoms. The maximum absolute atomic E-state index is 8.88. The molecule has 6 aromatic carbocycles. The van der Waals surface area contributed by atoms with Crippen LogP contribution in [0.5, 0.6) is 0 Å². The number of hydrogen-bond donors (Lipinski definition) is 6. The first-order valence-electron chi connectivity index (χ1n) is 35.7. The van der Waals surface area contributed by atoms with E-state index in [0.29, 0.717) is 17.9 Å². The second-order valence-corrected chi connectivity index (χ2v) is 34.8. The Bertz CT molecular complexity index is 4690. The zero-order valence-corrected chi connectivity index (χ0v) is 63.6. The molecule has 1 fully saturated rings. The van der Waals surface area contributed by atoms with Gasteiger partial charge in [0.25, 0.3) is 0 Å². The van der Waals surface area contributed by atoms with E-state index in [1.807, 2.05) is 12.3 Å². The number of aromatic amines is 6. The number of hydrogen-bond acceptors (Lipinski definition) is 2.